The highest BCUT2D eigenvalue weighted by atomic mass is 35.5. The van der Waals surface area contributed by atoms with E-state index >= 15 is 0 Å². The molecule has 1 aromatic rings. The van der Waals surface area contributed by atoms with Crippen LogP contribution in [-0.4, -0.2) is 36.6 Å². The van der Waals surface area contributed by atoms with Gasteiger partial charge in [-0.05, 0) is 37.1 Å². The van der Waals surface area contributed by atoms with Gasteiger partial charge in [0.15, 0.2) is 0 Å². The lowest BCUT2D eigenvalue weighted by Gasteiger charge is -2.34. The number of urea groups is 1. The van der Waals surface area contributed by atoms with E-state index in [4.69, 9.17) is 11.6 Å². The average molecular weight is 339 g/mol. The number of benzene rings is 1. The number of nitrogens with zero attached hydrogens (tertiary/aromatic N) is 1. The van der Waals surface area contributed by atoms with Gasteiger partial charge in [0, 0.05) is 23.3 Å². The topological polar surface area (TPSA) is 58.6 Å². The summed E-state index contributed by atoms with van der Waals surface area (Å²) < 4.78 is 4.69. The van der Waals surface area contributed by atoms with Crippen LogP contribution in [0.3, 0.4) is 0 Å². The molecular weight excluding hydrogens is 316 g/mol. The first-order chi connectivity index (χ1) is 11.1. The molecule has 0 unspecified atom stereocenters. The van der Waals surface area contributed by atoms with Crippen molar-refractivity contribution in [2.24, 2.45) is 0 Å². The molecule has 0 aromatic heterocycles. The monoisotopic (exact) mass is 338 g/mol. The second-order valence-corrected chi connectivity index (χ2v) is 6.18. The Hall–Kier alpha value is -1.75. The van der Waals surface area contributed by atoms with Crippen LogP contribution in [0, 0.1) is 0 Å². The molecular formula is C17H23ClN2O3. The van der Waals surface area contributed by atoms with Crippen LogP contribution >= 0.6 is 11.6 Å². The molecule has 1 saturated carbocycles. The van der Waals surface area contributed by atoms with Crippen molar-refractivity contribution in [3.8, 4) is 0 Å². The number of hydrogen-bond acceptors (Lipinski definition) is 3. The van der Waals surface area contributed by atoms with E-state index in [1.165, 1.54) is 13.5 Å². The summed E-state index contributed by atoms with van der Waals surface area (Å²) in [5, 5.41) is 3.51. The lowest BCUT2D eigenvalue weighted by atomic mass is 9.94. The van der Waals surface area contributed by atoms with Crippen molar-refractivity contribution >= 4 is 29.3 Å². The van der Waals surface area contributed by atoms with Gasteiger partial charge in [-0.3, -0.25) is 4.79 Å². The predicted octanol–water partition coefficient (Wildman–Crippen LogP) is 4.07. The van der Waals surface area contributed by atoms with Gasteiger partial charge < -0.3 is 15.0 Å². The van der Waals surface area contributed by atoms with E-state index in [1.807, 2.05) is 0 Å². The third-order valence-electron chi connectivity index (χ3n) is 4.16. The van der Waals surface area contributed by atoms with Gasteiger partial charge in [0.05, 0.1) is 13.5 Å². The minimum atomic E-state index is -0.301. The van der Waals surface area contributed by atoms with Crippen LogP contribution in [-0.2, 0) is 9.53 Å². The number of ether oxygens (including phenoxy) is 1. The average Bonchev–Trinajstić information content (AvgIpc) is 2.58. The second-order valence-electron chi connectivity index (χ2n) is 5.75. The maximum Gasteiger partial charge on any atom is 0.322 e. The molecule has 1 aliphatic rings. The second kappa shape index (κ2) is 8.77. The Morgan fingerprint density at radius 2 is 1.87 bits per heavy atom. The maximum atomic E-state index is 12.6. The van der Waals surface area contributed by atoms with E-state index in [9.17, 15) is 9.59 Å². The molecule has 6 heteroatoms. The maximum absolute atomic E-state index is 12.6. The van der Waals surface area contributed by atoms with Gasteiger partial charge in [-0.25, -0.2) is 4.79 Å². The van der Waals surface area contributed by atoms with Crippen LogP contribution in [0.2, 0.25) is 5.02 Å². The quantitative estimate of drug-likeness (QED) is 0.823. The Labute approximate surface area is 141 Å². The van der Waals surface area contributed by atoms with Crippen LogP contribution < -0.4 is 5.32 Å². The normalized spacial score (nSPS) is 15.0. The Balaban J connectivity index is 2.02. The summed E-state index contributed by atoms with van der Waals surface area (Å²) in [6.07, 6.45) is 5.62. The molecule has 1 fully saturated rings. The van der Waals surface area contributed by atoms with Crippen molar-refractivity contribution in [1.29, 1.82) is 0 Å². The molecule has 0 heterocycles. The van der Waals surface area contributed by atoms with Crippen molar-refractivity contribution in [1.82, 2.24) is 4.90 Å². The van der Waals surface area contributed by atoms with E-state index in [0.717, 1.165) is 25.7 Å². The van der Waals surface area contributed by atoms with Crippen LogP contribution in [0.4, 0.5) is 10.5 Å². The zero-order valence-corrected chi connectivity index (χ0v) is 14.1. The number of rotatable bonds is 5. The van der Waals surface area contributed by atoms with Crippen LogP contribution in [0.15, 0.2) is 24.3 Å². The largest absolute Gasteiger partial charge is 0.469 e. The molecule has 0 bridgehead atoms. The standard InChI is InChI=1S/C17H23ClN2O3/c1-23-16(21)11-12-20(15-5-3-2-4-6-15)17(22)19-14-9-7-13(18)8-10-14/h7-10,15H,2-6,11-12H2,1H3,(H,19,22). The predicted molar refractivity (Wildman–Crippen MR) is 90.7 cm³/mol. The molecule has 1 aliphatic carbocycles. The number of amides is 2. The molecule has 1 aromatic carbocycles. The Morgan fingerprint density at radius 3 is 2.48 bits per heavy atom. The number of esters is 1. The molecule has 23 heavy (non-hydrogen) atoms. The van der Waals surface area contributed by atoms with Gasteiger partial charge in [-0.15, -0.1) is 0 Å². The van der Waals surface area contributed by atoms with Gasteiger partial charge in [0.25, 0.3) is 0 Å². The summed E-state index contributed by atoms with van der Waals surface area (Å²) in [6, 6.07) is 7.00. The molecule has 0 radical (unpaired) electrons. The lowest BCUT2D eigenvalue weighted by Crippen LogP contribution is -2.45. The summed E-state index contributed by atoms with van der Waals surface area (Å²) in [5.74, 6) is -0.301. The lowest BCUT2D eigenvalue weighted by molar-refractivity contribution is -0.140. The highest BCUT2D eigenvalue weighted by Gasteiger charge is 2.26. The van der Waals surface area contributed by atoms with Crippen molar-refractivity contribution in [2.45, 2.75) is 44.6 Å². The van der Waals surface area contributed by atoms with Gasteiger partial charge in [-0.2, -0.15) is 0 Å². The zero-order valence-electron chi connectivity index (χ0n) is 13.4. The minimum absolute atomic E-state index is 0.178. The molecule has 5 nitrogen and oxygen atoms in total. The molecule has 0 saturated heterocycles. The third-order valence-corrected chi connectivity index (χ3v) is 4.41. The number of carbonyl (C=O) groups is 2. The highest BCUT2D eigenvalue weighted by molar-refractivity contribution is 6.30. The summed E-state index contributed by atoms with van der Waals surface area (Å²) in [4.78, 5) is 25.8. The Kier molecular flexibility index (Phi) is 6.71. The summed E-state index contributed by atoms with van der Waals surface area (Å²) >= 11 is 5.86. The summed E-state index contributed by atoms with van der Waals surface area (Å²) in [6.45, 7) is 0.372. The van der Waals surface area contributed by atoms with E-state index in [-0.39, 0.29) is 24.5 Å². The van der Waals surface area contributed by atoms with Crippen LogP contribution in [0.5, 0.6) is 0 Å². The van der Waals surface area contributed by atoms with E-state index < -0.39 is 0 Å². The fraction of sp³-hybridized carbons (Fsp3) is 0.529. The van der Waals surface area contributed by atoms with E-state index in [1.54, 1.807) is 29.2 Å². The number of halogens is 1. The molecule has 1 N–H and O–H groups in total. The van der Waals surface area contributed by atoms with Crippen molar-refractivity contribution in [2.75, 3.05) is 19.0 Å². The zero-order chi connectivity index (χ0) is 16.7. The van der Waals surface area contributed by atoms with E-state index in [2.05, 4.69) is 10.1 Å². The van der Waals surface area contributed by atoms with Gasteiger partial charge in [0.2, 0.25) is 0 Å². The first-order valence-electron chi connectivity index (χ1n) is 8.00. The van der Waals surface area contributed by atoms with E-state index in [0.29, 0.717) is 17.3 Å². The first kappa shape index (κ1) is 17.6. The molecule has 0 aliphatic heterocycles. The molecule has 0 spiro atoms. The number of carbonyl (C=O) groups excluding carboxylic acids is 2. The van der Waals surface area contributed by atoms with Gasteiger partial charge in [0.1, 0.15) is 0 Å². The number of nitrogens with one attached hydrogen (secondary N) is 1. The summed E-state index contributed by atoms with van der Waals surface area (Å²) in [7, 11) is 1.36. The molecule has 126 valence electrons. The first-order valence-corrected chi connectivity index (χ1v) is 8.38. The smallest absolute Gasteiger partial charge is 0.322 e. The number of hydrogen-bond donors (Lipinski definition) is 1. The van der Waals surface area contributed by atoms with Crippen molar-refractivity contribution < 1.29 is 14.3 Å². The molecule has 2 amide bonds. The van der Waals surface area contributed by atoms with Gasteiger partial charge in [-0.1, -0.05) is 30.9 Å². The highest BCUT2D eigenvalue weighted by Crippen LogP contribution is 2.24. The summed E-state index contributed by atoms with van der Waals surface area (Å²) in [5.41, 5.74) is 0.693. The van der Waals surface area contributed by atoms with Crippen molar-refractivity contribution in [3.05, 3.63) is 29.3 Å². The number of anilines is 1. The number of methoxy groups -OCH3 is 1. The third kappa shape index (κ3) is 5.43. The van der Waals surface area contributed by atoms with Crippen molar-refractivity contribution in [3.63, 3.8) is 0 Å². The Morgan fingerprint density at radius 1 is 1.22 bits per heavy atom. The van der Waals surface area contributed by atoms with Crippen LogP contribution in [0.25, 0.3) is 0 Å². The molecule has 0 atom stereocenters. The van der Waals surface area contributed by atoms with Gasteiger partial charge >= 0.3 is 12.0 Å². The van der Waals surface area contributed by atoms with Crippen LogP contribution in [0.1, 0.15) is 38.5 Å². The fourth-order valence-electron chi connectivity index (χ4n) is 2.88. The Bertz CT molecular complexity index is 527. The SMILES string of the molecule is COC(=O)CCN(C(=O)Nc1ccc(Cl)cc1)C1CCCCC1. The fourth-order valence-corrected chi connectivity index (χ4v) is 3.01. The minimum Gasteiger partial charge on any atom is -0.469 e. The molecule has 2 rings (SSSR count).